The molecule has 8 nitrogen and oxygen atoms in total. The zero-order chi connectivity index (χ0) is 26.3. The van der Waals surface area contributed by atoms with Crippen LogP contribution in [-0.4, -0.2) is 37.3 Å². The summed E-state index contributed by atoms with van der Waals surface area (Å²) >= 11 is 0. The number of anilines is 2. The first-order valence-electron chi connectivity index (χ1n) is 13.2. The number of nitrogens with zero attached hydrogens (tertiary/aromatic N) is 2. The predicted octanol–water partition coefficient (Wildman–Crippen LogP) is 3.52. The highest BCUT2D eigenvalue weighted by atomic mass is 16.5. The van der Waals surface area contributed by atoms with Crippen LogP contribution in [0.4, 0.5) is 11.4 Å². The second-order valence-corrected chi connectivity index (χ2v) is 11.1. The molecule has 4 aliphatic carbocycles. The van der Waals surface area contributed by atoms with Gasteiger partial charge in [0.1, 0.15) is 11.5 Å². The SMILES string of the molecule is COc1ccccc1N1C[C@H](C(=O)Oc2ccc(N3C(=O)[C@@H]4[C@H]5C=C[C@@H]([C@@H]6C[C@@H]56)[C@H]4C3=O)c(C)c2)CC1=O. The summed E-state index contributed by atoms with van der Waals surface area (Å²) in [5.41, 5.74) is 1.84. The summed E-state index contributed by atoms with van der Waals surface area (Å²) in [5.74, 6) is 0.284. The molecule has 2 heterocycles. The van der Waals surface area contributed by atoms with E-state index in [4.69, 9.17) is 9.47 Å². The van der Waals surface area contributed by atoms with E-state index in [2.05, 4.69) is 12.2 Å². The van der Waals surface area contributed by atoms with Gasteiger partial charge in [-0.25, -0.2) is 4.90 Å². The van der Waals surface area contributed by atoms with Gasteiger partial charge in [0.15, 0.2) is 0 Å². The Kier molecular flexibility index (Phi) is 5.05. The van der Waals surface area contributed by atoms with E-state index in [1.807, 2.05) is 19.1 Å². The molecule has 194 valence electrons. The lowest BCUT2D eigenvalue weighted by atomic mass is 9.63. The van der Waals surface area contributed by atoms with Crippen molar-refractivity contribution in [2.75, 3.05) is 23.5 Å². The number of para-hydroxylation sites is 2. The molecule has 2 aromatic carbocycles. The third-order valence-electron chi connectivity index (χ3n) is 9.12. The summed E-state index contributed by atoms with van der Waals surface area (Å²) in [6.07, 6.45) is 5.49. The zero-order valence-corrected chi connectivity index (χ0v) is 21.2. The Labute approximate surface area is 220 Å². The number of allylic oxidation sites excluding steroid dienone is 2. The van der Waals surface area contributed by atoms with E-state index in [0.29, 0.717) is 40.3 Å². The molecule has 0 aromatic heterocycles. The molecular formula is C30H28N2O6. The Morgan fingerprint density at radius 1 is 0.921 bits per heavy atom. The second-order valence-electron chi connectivity index (χ2n) is 11.1. The Morgan fingerprint density at radius 2 is 1.61 bits per heavy atom. The van der Waals surface area contributed by atoms with Crippen LogP contribution < -0.4 is 19.3 Å². The number of amides is 3. The highest BCUT2D eigenvalue weighted by molar-refractivity contribution is 6.23. The van der Waals surface area contributed by atoms with E-state index in [-0.39, 0.29) is 54.4 Å². The summed E-state index contributed by atoms with van der Waals surface area (Å²) in [4.78, 5) is 55.5. The number of carbonyl (C=O) groups is 4. The van der Waals surface area contributed by atoms with Gasteiger partial charge in [0.25, 0.3) is 0 Å². The maximum absolute atomic E-state index is 13.5. The van der Waals surface area contributed by atoms with E-state index in [9.17, 15) is 19.2 Å². The molecule has 2 aliphatic heterocycles. The minimum atomic E-state index is -0.619. The first-order chi connectivity index (χ1) is 18.4. The fourth-order valence-electron chi connectivity index (χ4n) is 7.29. The van der Waals surface area contributed by atoms with Crippen LogP contribution >= 0.6 is 0 Å². The van der Waals surface area contributed by atoms with Crippen molar-refractivity contribution in [3.8, 4) is 11.5 Å². The zero-order valence-electron chi connectivity index (χ0n) is 21.2. The lowest BCUT2D eigenvalue weighted by molar-refractivity contribution is -0.139. The normalized spacial score (nSPS) is 32.5. The molecule has 6 aliphatic rings. The number of imide groups is 1. The van der Waals surface area contributed by atoms with Crippen LogP contribution in [0.3, 0.4) is 0 Å². The van der Waals surface area contributed by atoms with Gasteiger partial charge in [-0.15, -0.1) is 0 Å². The quantitative estimate of drug-likeness (QED) is 0.263. The molecule has 4 fully saturated rings. The standard InChI is InChI=1S/C30H28N2O6/c1-15-11-17(38-30(36)16-12-25(33)31(14-16)23-5-3-4-6-24(23)37-2)7-10-22(15)32-28(34)26-18-8-9-19(21-13-20(18)21)27(26)29(32)35/h3-11,16,18-21,26-27H,12-14H2,1-2H3/t16-,18+,19+,20+,21+,26-,27-/m1/s1. The molecule has 0 radical (unpaired) electrons. The highest BCUT2D eigenvalue weighted by Crippen LogP contribution is 2.65. The van der Waals surface area contributed by atoms with Gasteiger partial charge in [-0.3, -0.25) is 19.2 Å². The number of esters is 1. The van der Waals surface area contributed by atoms with Crippen LogP contribution in [0, 0.1) is 48.3 Å². The summed E-state index contributed by atoms with van der Waals surface area (Å²) in [6, 6.07) is 12.2. The van der Waals surface area contributed by atoms with Crippen LogP contribution in [0.2, 0.25) is 0 Å². The van der Waals surface area contributed by atoms with Gasteiger partial charge in [0, 0.05) is 13.0 Å². The van der Waals surface area contributed by atoms with Gasteiger partial charge >= 0.3 is 5.97 Å². The van der Waals surface area contributed by atoms with Crippen molar-refractivity contribution in [3.05, 3.63) is 60.2 Å². The van der Waals surface area contributed by atoms with Crippen molar-refractivity contribution in [2.45, 2.75) is 19.8 Å². The van der Waals surface area contributed by atoms with Gasteiger partial charge in [-0.1, -0.05) is 24.3 Å². The number of benzene rings is 2. The number of methoxy groups -OCH3 is 1. The van der Waals surface area contributed by atoms with E-state index < -0.39 is 11.9 Å². The molecular weight excluding hydrogens is 484 g/mol. The average Bonchev–Trinajstić information content (AvgIpc) is 3.60. The molecule has 2 saturated carbocycles. The van der Waals surface area contributed by atoms with Crippen LogP contribution in [0.1, 0.15) is 18.4 Å². The number of carbonyl (C=O) groups excluding carboxylic acids is 4. The van der Waals surface area contributed by atoms with Crippen LogP contribution in [0.5, 0.6) is 11.5 Å². The molecule has 8 rings (SSSR count). The second kappa shape index (κ2) is 8.28. The van der Waals surface area contributed by atoms with Gasteiger partial charge < -0.3 is 14.4 Å². The Balaban J connectivity index is 1.07. The molecule has 3 amide bonds. The monoisotopic (exact) mass is 512 g/mol. The maximum Gasteiger partial charge on any atom is 0.316 e. The summed E-state index contributed by atoms with van der Waals surface area (Å²) < 4.78 is 11.0. The smallest absolute Gasteiger partial charge is 0.316 e. The van der Waals surface area contributed by atoms with Crippen molar-refractivity contribution in [3.63, 3.8) is 0 Å². The molecule has 0 spiro atoms. The van der Waals surface area contributed by atoms with E-state index in [1.165, 1.54) is 12.0 Å². The number of rotatable bonds is 5. The van der Waals surface area contributed by atoms with Gasteiger partial charge in [0.05, 0.1) is 36.2 Å². The summed E-state index contributed by atoms with van der Waals surface area (Å²) in [6.45, 7) is 2.01. The molecule has 8 heteroatoms. The Hall–Kier alpha value is -3.94. The molecule has 7 atom stereocenters. The van der Waals surface area contributed by atoms with Crippen molar-refractivity contribution >= 4 is 35.1 Å². The largest absolute Gasteiger partial charge is 0.495 e. The molecule has 2 bridgehead atoms. The molecule has 2 saturated heterocycles. The molecule has 0 unspecified atom stereocenters. The van der Waals surface area contributed by atoms with Gasteiger partial charge in [-0.2, -0.15) is 0 Å². The minimum Gasteiger partial charge on any atom is -0.495 e. The average molecular weight is 513 g/mol. The number of aryl methyl sites for hydroxylation is 1. The molecule has 38 heavy (non-hydrogen) atoms. The predicted molar refractivity (Wildman–Crippen MR) is 137 cm³/mol. The van der Waals surface area contributed by atoms with E-state index in [1.54, 1.807) is 35.2 Å². The van der Waals surface area contributed by atoms with Crippen molar-refractivity contribution in [2.24, 2.45) is 41.4 Å². The molecule has 2 aromatic rings. The van der Waals surface area contributed by atoms with E-state index in [0.717, 1.165) is 6.42 Å². The summed E-state index contributed by atoms with van der Waals surface area (Å²) in [7, 11) is 1.54. The third kappa shape index (κ3) is 3.28. The highest BCUT2D eigenvalue weighted by Gasteiger charge is 2.67. The lowest BCUT2D eigenvalue weighted by Crippen LogP contribution is -2.40. The van der Waals surface area contributed by atoms with Crippen LogP contribution in [0.15, 0.2) is 54.6 Å². The van der Waals surface area contributed by atoms with Crippen LogP contribution in [0.25, 0.3) is 0 Å². The fourth-order valence-corrected chi connectivity index (χ4v) is 7.29. The number of hydrogen-bond donors (Lipinski definition) is 0. The van der Waals surface area contributed by atoms with Crippen molar-refractivity contribution < 1.29 is 28.7 Å². The first-order valence-corrected chi connectivity index (χ1v) is 13.2. The van der Waals surface area contributed by atoms with Crippen LogP contribution in [-0.2, 0) is 19.2 Å². The van der Waals surface area contributed by atoms with Gasteiger partial charge in [0.2, 0.25) is 17.7 Å². The Morgan fingerprint density at radius 3 is 2.26 bits per heavy atom. The van der Waals surface area contributed by atoms with Gasteiger partial charge in [-0.05, 0) is 72.9 Å². The van der Waals surface area contributed by atoms with E-state index >= 15 is 0 Å². The fraction of sp³-hybridized carbons (Fsp3) is 0.400. The number of ether oxygens (including phenoxy) is 2. The number of hydrogen-bond acceptors (Lipinski definition) is 6. The topological polar surface area (TPSA) is 93.2 Å². The van der Waals surface area contributed by atoms with Crippen molar-refractivity contribution in [1.29, 1.82) is 0 Å². The first kappa shape index (κ1) is 23.2. The third-order valence-corrected chi connectivity index (χ3v) is 9.12. The lowest BCUT2D eigenvalue weighted by Gasteiger charge is -2.37. The Bertz CT molecular complexity index is 1400. The molecule has 0 N–H and O–H groups in total. The summed E-state index contributed by atoms with van der Waals surface area (Å²) in [5, 5.41) is 0. The maximum atomic E-state index is 13.5. The van der Waals surface area contributed by atoms with Crippen molar-refractivity contribution in [1.82, 2.24) is 0 Å². The minimum absolute atomic E-state index is 0.0475.